The Balaban J connectivity index is 1.80. The van der Waals surface area contributed by atoms with Crippen LogP contribution in [0.4, 0.5) is 0 Å². The van der Waals surface area contributed by atoms with Gasteiger partial charge in [0, 0.05) is 24.2 Å². The fraction of sp³-hybridized carbons (Fsp3) is 0.391. The molecule has 0 aliphatic heterocycles. The van der Waals surface area contributed by atoms with E-state index in [0.29, 0.717) is 24.6 Å². The van der Waals surface area contributed by atoms with Gasteiger partial charge in [-0.25, -0.2) is 0 Å². The zero-order valence-corrected chi connectivity index (χ0v) is 17.6. The maximum atomic E-state index is 12.3. The van der Waals surface area contributed by atoms with Crippen LogP contribution >= 0.6 is 0 Å². The summed E-state index contributed by atoms with van der Waals surface area (Å²) in [4.78, 5) is 24.6. The second-order valence-corrected chi connectivity index (χ2v) is 7.69. The minimum Gasteiger partial charge on any atom is -0.496 e. The Morgan fingerprint density at radius 2 is 1.14 bits per heavy atom. The number of carbonyl (C=O) groups is 2. The summed E-state index contributed by atoms with van der Waals surface area (Å²) in [5.74, 6) is 1.24. The Kier molecular flexibility index (Phi) is 8.07. The number of benzene rings is 2. The minimum atomic E-state index is -0.285. The van der Waals surface area contributed by atoms with Gasteiger partial charge in [-0.2, -0.15) is 0 Å². The van der Waals surface area contributed by atoms with Crippen molar-refractivity contribution in [2.45, 2.75) is 26.7 Å². The highest BCUT2D eigenvalue weighted by atomic mass is 16.5. The highest BCUT2D eigenvalue weighted by molar-refractivity contribution is 5.80. The van der Waals surface area contributed by atoms with E-state index in [9.17, 15) is 9.59 Å². The second-order valence-electron chi connectivity index (χ2n) is 7.69. The Morgan fingerprint density at radius 1 is 0.759 bits per heavy atom. The first-order valence-electron chi connectivity index (χ1n) is 9.62. The van der Waals surface area contributed by atoms with Crippen LogP contribution in [0.15, 0.2) is 48.5 Å². The third-order valence-corrected chi connectivity index (χ3v) is 4.62. The molecule has 0 aliphatic carbocycles. The van der Waals surface area contributed by atoms with E-state index in [2.05, 4.69) is 10.6 Å². The first-order chi connectivity index (χ1) is 13.8. The van der Waals surface area contributed by atoms with E-state index in [-0.39, 0.29) is 30.1 Å². The summed E-state index contributed by atoms with van der Waals surface area (Å²) in [6, 6.07) is 14.9. The summed E-state index contributed by atoms with van der Waals surface area (Å²) in [6.07, 6.45) is 0.501. The Morgan fingerprint density at radius 3 is 1.52 bits per heavy atom. The Bertz CT molecular complexity index is 766. The smallest absolute Gasteiger partial charge is 0.224 e. The quantitative estimate of drug-likeness (QED) is 0.645. The number of ether oxygens (including phenoxy) is 2. The van der Waals surface area contributed by atoms with Crippen molar-refractivity contribution in [2.24, 2.45) is 5.41 Å². The second kappa shape index (κ2) is 10.5. The molecule has 0 saturated heterocycles. The fourth-order valence-corrected chi connectivity index (χ4v) is 2.91. The number of para-hydroxylation sites is 2. The predicted molar refractivity (Wildman–Crippen MR) is 113 cm³/mol. The summed E-state index contributed by atoms with van der Waals surface area (Å²) >= 11 is 0. The van der Waals surface area contributed by atoms with Gasteiger partial charge in [0.2, 0.25) is 11.8 Å². The molecule has 0 unspecified atom stereocenters. The maximum Gasteiger partial charge on any atom is 0.224 e. The van der Waals surface area contributed by atoms with Crippen molar-refractivity contribution in [3.63, 3.8) is 0 Å². The number of rotatable bonds is 10. The van der Waals surface area contributed by atoms with E-state index >= 15 is 0 Å². The van der Waals surface area contributed by atoms with Gasteiger partial charge in [-0.1, -0.05) is 50.2 Å². The van der Waals surface area contributed by atoms with Crippen LogP contribution in [0, 0.1) is 5.41 Å². The molecule has 0 fully saturated rings. The number of amides is 2. The minimum absolute atomic E-state index is 0.0806. The van der Waals surface area contributed by atoms with Crippen LogP contribution in [0.2, 0.25) is 0 Å². The highest BCUT2D eigenvalue weighted by Crippen LogP contribution is 2.19. The molecule has 2 amide bonds. The average Bonchev–Trinajstić information content (AvgIpc) is 2.72. The molecule has 2 rings (SSSR count). The highest BCUT2D eigenvalue weighted by Gasteiger charge is 2.21. The predicted octanol–water partition coefficient (Wildman–Crippen LogP) is 2.75. The van der Waals surface area contributed by atoms with Crippen LogP contribution in [0.25, 0.3) is 0 Å². The van der Waals surface area contributed by atoms with Crippen molar-refractivity contribution in [3.05, 3.63) is 59.7 Å². The van der Waals surface area contributed by atoms with Crippen molar-refractivity contribution < 1.29 is 19.1 Å². The lowest BCUT2D eigenvalue weighted by atomic mass is 9.93. The topological polar surface area (TPSA) is 76.7 Å². The van der Waals surface area contributed by atoms with Crippen LogP contribution < -0.4 is 20.1 Å². The van der Waals surface area contributed by atoms with Crippen molar-refractivity contribution in [1.29, 1.82) is 0 Å². The third-order valence-electron chi connectivity index (χ3n) is 4.62. The number of methoxy groups -OCH3 is 2. The maximum absolute atomic E-state index is 12.3. The lowest BCUT2D eigenvalue weighted by Gasteiger charge is -2.25. The van der Waals surface area contributed by atoms with Crippen molar-refractivity contribution in [2.75, 3.05) is 27.3 Å². The van der Waals surface area contributed by atoms with Gasteiger partial charge < -0.3 is 20.1 Å². The number of hydrogen-bond donors (Lipinski definition) is 2. The zero-order valence-electron chi connectivity index (χ0n) is 17.6. The molecule has 156 valence electrons. The van der Waals surface area contributed by atoms with E-state index < -0.39 is 0 Å². The van der Waals surface area contributed by atoms with E-state index in [1.807, 2.05) is 62.4 Å². The van der Waals surface area contributed by atoms with Crippen LogP contribution in [0.1, 0.15) is 25.0 Å². The lowest BCUT2D eigenvalue weighted by Crippen LogP contribution is -2.42. The van der Waals surface area contributed by atoms with E-state index in [4.69, 9.17) is 9.47 Å². The van der Waals surface area contributed by atoms with E-state index in [1.54, 1.807) is 14.2 Å². The monoisotopic (exact) mass is 398 g/mol. The fourth-order valence-electron chi connectivity index (χ4n) is 2.91. The molecular formula is C23H30N2O4. The molecule has 0 bridgehead atoms. The van der Waals surface area contributed by atoms with Crippen molar-refractivity contribution >= 4 is 11.8 Å². The molecule has 0 spiro atoms. The van der Waals surface area contributed by atoms with Crippen LogP contribution in [0.5, 0.6) is 11.5 Å². The van der Waals surface area contributed by atoms with Gasteiger partial charge in [0.15, 0.2) is 0 Å². The van der Waals surface area contributed by atoms with Gasteiger partial charge in [-0.05, 0) is 17.5 Å². The van der Waals surface area contributed by atoms with Gasteiger partial charge in [-0.15, -0.1) is 0 Å². The molecule has 0 heterocycles. The van der Waals surface area contributed by atoms with Gasteiger partial charge in [0.25, 0.3) is 0 Å². The molecule has 6 heteroatoms. The van der Waals surface area contributed by atoms with Gasteiger partial charge in [0.05, 0.1) is 27.1 Å². The van der Waals surface area contributed by atoms with Crippen LogP contribution in [-0.2, 0) is 22.4 Å². The largest absolute Gasteiger partial charge is 0.496 e. The van der Waals surface area contributed by atoms with Crippen molar-refractivity contribution in [1.82, 2.24) is 10.6 Å². The molecule has 2 aromatic carbocycles. The molecule has 29 heavy (non-hydrogen) atoms. The van der Waals surface area contributed by atoms with E-state index in [0.717, 1.165) is 11.1 Å². The van der Waals surface area contributed by atoms with Gasteiger partial charge in [-0.3, -0.25) is 9.59 Å². The SMILES string of the molecule is COc1ccccc1CC(=O)NCC(C)(C)CNC(=O)Cc1ccccc1OC. The molecule has 0 atom stereocenters. The van der Waals surface area contributed by atoms with Gasteiger partial charge in [0.1, 0.15) is 11.5 Å². The molecule has 6 nitrogen and oxygen atoms in total. The molecule has 0 aliphatic rings. The van der Waals surface area contributed by atoms with Crippen LogP contribution in [-0.4, -0.2) is 39.1 Å². The normalized spacial score (nSPS) is 10.9. The number of carbonyl (C=O) groups excluding carboxylic acids is 2. The Hall–Kier alpha value is -3.02. The zero-order chi connectivity index (χ0) is 21.3. The molecule has 0 saturated carbocycles. The average molecular weight is 399 g/mol. The summed E-state index contributed by atoms with van der Waals surface area (Å²) in [5, 5.41) is 5.90. The summed E-state index contributed by atoms with van der Waals surface area (Å²) in [6.45, 7) is 4.91. The number of nitrogens with one attached hydrogen (secondary N) is 2. The lowest BCUT2D eigenvalue weighted by molar-refractivity contribution is -0.120. The Labute approximate surface area is 172 Å². The molecule has 0 radical (unpaired) electrons. The van der Waals surface area contributed by atoms with Crippen LogP contribution in [0.3, 0.4) is 0 Å². The first kappa shape index (κ1) is 22.3. The molecule has 2 aromatic rings. The third kappa shape index (κ3) is 7.14. The molecular weight excluding hydrogens is 368 g/mol. The van der Waals surface area contributed by atoms with E-state index in [1.165, 1.54) is 0 Å². The van der Waals surface area contributed by atoms with Gasteiger partial charge >= 0.3 is 0 Å². The molecule has 2 N–H and O–H groups in total. The summed E-state index contributed by atoms with van der Waals surface area (Å²) in [5.41, 5.74) is 1.40. The standard InChI is InChI=1S/C23H30N2O4/c1-23(2,15-24-21(26)13-17-9-5-7-11-19(17)28-3)16-25-22(27)14-18-10-6-8-12-20(18)29-4/h5-12H,13-16H2,1-4H3,(H,24,26)(H,25,27). The first-order valence-corrected chi connectivity index (χ1v) is 9.62. The van der Waals surface area contributed by atoms with Crippen molar-refractivity contribution in [3.8, 4) is 11.5 Å². The molecule has 0 aromatic heterocycles. The summed E-state index contributed by atoms with van der Waals surface area (Å²) in [7, 11) is 3.18. The number of hydrogen-bond acceptors (Lipinski definition) is 4. The summed E-state index contributed by atoms with van der Waals surface area (Å²) < 4.78 is 10.6.